The van der Waals surface area contributed by atoms with E-state index in [2.05, 4.69) is 44.4 Å². The molecule has 0 aromatic carbocycles. The van der Waals surface area contributed by atoms with Crippen molar-refractivity contribution in [2.24, 2.45) is 0 Å². The molecule has 80 valence electrons. The molecular formula is C12H15BrN2. The molecule has 0 saturated heterocycles. The average molecular weight is 267 g/mol. The summed E-state index contributed by atoms with van der Waals surface area (Å²) in [5.41, 5.74) is 1.10. The third-order valence-corrected chi connectivity index (χ3v) is 3.10. The molecule has 0 bridgehead atoms. The summed E-state index contributed by atoms with van der Waals surface area (Å²) in [5, 5.41) is 3.53. The molecule has 1 unspecified atom stereocenters. The number of hydrogen-bond donors (Lipinski definition) is 1. The van der Waals surface area contributed by atoms with Crippen molar-refractivity contribution in [3.05, 3.63) is 40.6 Å². The third kappa shape index (κ3) is 3.43. The van der Waals surface area contributed by atoms with E-state index >= 15 is 0 Å². The van der Waals surface area contributed by atoms with Crippen LogP contribution < -0.4 is 5.32 Å². The van der Waals surface area contributed by atoms with E-state index in [1.165, 1.54) is 12.8 Å². The van der Waals surface area contributed by atoms with E-state index in [-0.39, 0.29) is 0 Å². The van der Waals surface area contributed by atoms with Crippen molar-refractivity contribution in [2.75, 3.05) is 0 Å². The molecule has 1 atom stereocenters. The van der Waals surface area contributed by atoms with Gasteiger partial charge < -0.3 is 5.32 Å². The van der Waals surface area contributed by atoms with Crippen molar-refractivity contribution >= 4 is 15.9 Å². The third-order valence-electron chi connectivity index (χ3n) is 2.63. The maximum Gasteiger partial charge on any atom is 0.0542 e. The maximum absolute atomic E-state index is 4.34. The van der Waals surface area contributed by atoms with Gasteiger partial charge >= 0.3 is 0 Å². The molecule has 2 rings (SSSR count). The number of hydrogen-bond acceptors (Lipinski definition) is 2. The first kappa shape index (κ1) is 10.8. The zero-order valence-corrected chi connectivity index (χ0v) is 10.2. The molecule has 3 heteroatoms. The Balaban J connectivity index is 1.82. The van der Waals surface area contributed by atoms with Gasteiger partial charge in [0.15, 0.2) is 0 Å². The molecule has 1 aromatic rings. The molecule has 1 heterocycles. The highest BCUT2D eigenvalue weighted by molar-refractivity contribution is 9.10. The SMILES string of the molecule is Brc1ccc(CNC2CC=CCC2)nc1. The van der Waals surface area contributed by atoms with Crippen LogP contribution >= 0.6 is 15.9 Å². The lowest BCUT2D eigenvalue weighted by atomic mass is 10.0. The van der Waals surface area contributed by atoms with Crippen molar-refractivity contribution in [3.63, 3.8) is 0 Å². The molecule has 2 nitrogen and oxygen atoms in total. The average Bonchev–Trinajstić information content (AvgIpc) is 2.30. The van der Waals surface area contributed by atoms with Crippen molar-refractivity contribution < 1.29 is 0 Å². The van der Waals surface area contributed by atoms with Gasteiger partial charge in [-0.15, -0.1) is 0 Å². The van der Waals surface area contributed by atoms with Gasteiger partial charge in [0.05, 0.1) is 5.69 Å². The molecule has 1 aliphatic carbocycles. The Hall–Kier alpha value is -0.670. The van der Waals surface area contributed by atoms with Crippen LogP contribution in [0.4, 0.5) is 0 Å². The summed E-state index contributed by atoms with van der Waals surface area (Å²) < 4.78 is 1.03. The van der Waals surface area contributed by atoms with Crippen molar-refractivity contribution in [1.29, 1.82) is 0 Å². The van der Waals surface area contributed by atoms with Gasteiger partial charge in [0.1, 0.15) is 0 Å². The molecule has 15 heavy (non-hydrogen) atoms. The number of nitrogens with zero attached hydrogens (tertiary/aromatic N) is 1. The Labute approximate surface area is 98.9 Å². The van der Waals surface area contributed by atoms with Gasteiger partial charge in [-0.3, -0.25) is 4.98 Å². The van der Waals surface area contributed by atoms with Crippen molar-refractivity contribution in [3.8, 4) is 0 Å². The molecule has 0 saturated carbocycles. The Morgan fingerprint density at radius 1 is 1.40 bits per heavy atom. The Bertz CT molecular complexity index is 332. The van der Waals surface area contributed by atoms with E-state index in [9.17, 15) is 0 Å². The number of rotatable bonds is 3. The van der Waals surface area contributed by atoms with E-state index in [0.29, 0.717) is 6.04 Å². The van der Waals surface area contributed by atoms with Gasteiger partial charge in [0, 0.05) is 23.3 Å². The highest BCUT2D eigenvalue weighted by Gasteiger charge is 2.08. The first-order chi connectivity index (χ1) is 7.34. The maximum atomic E-state index is 4.34. The number of nitrogens with one attached hydrogen (secondary N) is 1. The lowest BCUT2D eigenvalue weighted by molar-refractivity contribution is 0.471. The summed E-state index contributed by atoms with van der Waals surface area (Å²) in [6, 6.07) is 4.71. The number of halogens is 1. The first-order valence-corrected chi connectivity index (χ1v) is 6.13. The molecule has 0 spiro atoms. The highest BCUT2D eigenvalue weighted by Crippen LogP contribution is 2.12. The lowest BCUT2D eigenvalue weighted by Gasteiger charge is -2.18. The van der Waals surface area contributed by atoms with Gasteiger partial charge in [-0.25, -0.2) is 0 Å². The zero-order chi connectivity index (χ0) is 10.5. The Morgan fingerprint density at radius 2 is 2.33 bits per heavy atom. The van der Waals surface area contributed by atoms with Crippen LogP contribution in [0.3, 0.4) is 0 Å². The second-order valence-electron chi connectivity index (χ2n) is 3.83. The molecule has 1 aliphatic rings. The van der Waals surface area contributed by atoms with Crippen LogP contribution in [0.5, 0.6) is 0 Å². The number of allylic oxidation sites excluding steroid dienone is 1. The fourth-order valence-corrected chi connectivity index (χ4v) is 1.97. The summed E-state index contributed by atoms with van der Waals surface area (Å²) in [4.78, 5) is 4.34. The Morgan fingerprint density at radius 3 is 3.00 bits per heavy atom. The molecular weight excluding hydrogens is 252 g/mol. The van der Waals surface area contributed by atoms with E-state index in [0.717, 1.165) is 23.1 Å². The molecule has 0 aliphatic heterocycles. The molecule has 1 aromatic heterocycles. The van der Waals surface area contributed by atoms with Crippen molar-refractivity contribution in [2.45, 2.75) is 31.8 Å². The number of aromatic nitrogens is 1. The molecule has 0 fully saturated rings. The van der Waals surface area contributed by atoms with E-state index in [4.69, 9.17) is 0 Å². The van der Waals surface area contributed by atoms with Gasteiger partial charge in [0.2, 0.25) is 0 Å². The smallest absolute Gasteiger partial charge is 0.0542 e. The summed E-state index contributed by atoms with van der Waals surface area (Å²) in [6.45, 7) is 0.867. The summed E-state index contributed by atoms with van der Waals surface area (Å²) in [5.74, 6) is 0. The van der Waals surface area contributed by atoms with E-state index in [1.54, 1.807) is 0 Å². The minimum atomic E-state index is 0.625. The lowest BCUT2D eigenvalue weighted by Crippen LogP contribution is -2.29. The van der Waals surface area contributed by atoms with Gasteiger partial charge in [-0.2, -0.15) is 0 Å². The quantitative estimate of drug-likeness (QED) is 0.851. The first-order valence-electron chi connectivity index (χ1n) is 5.33. The molecule has 0 radical (unpaired) electrons. The van der Waals surface area contributed by atoms with Crippen LogP contribution in [0.2, 0.25) is 0 Å². The minimum absolute atomic E-state index is 0.625. The zero-order valence-electron chi connectivity index (χ0n) is 8.62. The summed E-state index contributed by atoms with van der Waals surface area (Å²) in [7, 11) is 0. The Kier molecular flexibility index (Phi) is 3.92. The van der Waals surface area contributed by atoms with Gasteiger partial charge in [0.25, 0.3) is 0 Å². The number of pyridine rings is 1. The predicted molar refractivity (Wildman–Crippen MR) is 65.6 cm³/mol. The fourth-order valence-electron chi connectivity index (χ4n) is 1.74. The van der Waals surface area contributed by atoms with Crippen molar-refractivity contribution in [1.82, 2.24) is 10.3 Å². The minimum Gasteiger partial charge on any atom is -0.308 e. The standard InChI is InChI=1S/C12H15BrN2/c13-10-6-7-12(14-8-10)9-15-11-4-2-1-3-5-11/h1-2,6-8,11,15H,3-5,9H2. The van der Waals surface area contributed by atoms with Crippen LogP contribution in [0, 0.1) is 0 Å². The topological polar surface area (TPSA) is 24.9 Å². The van der Waals surface area contributed by atoms with E-state index < -0.39 is 0 Å². The van der Waals surface area contributed by atoms with Gasteiger partial charge in [-0.1, -0.05) is 12.2 Å². The van der Waals surface area contributed by atoms with Crippen LogP contribution in [0.1, 0.15) is 25.0 Å². The summed E-state index contributed by atoms with van der Waals surface area (Å²) >= 11 is 3.38. The summed E-state index contributed by atoms with van der Waals surface area (Å²) in [6.07, 6.45) is 9.96. The normalized spacial score (nSPS) is 20.5. The van der Waals surface area contributed by atoms with Crippen LogP contribution in [-0.4, -0.2) is 11.0 Å². The van der Waals surface area contributed by atoms with Crippen LogP contribution in [0.15, 0.2) is 35.0 Å². The van der Waals surface area contributed by atoms with E-state index in [1.807, 2.05) is 12.3 Å². The largest absolute Gasteiger partial charge is 0.308 e. The van der Waals surface area contributed by atoms with Gasteiger partial charge in [-0.05, 0) is 47.3 Å². The van der Waals surface area contributed by atoms with Crippen LogP contribution in [-0.2, 0) is 6.54 Å². The molecule has 1 N–H and O–H groups in total. The highest BCUT2D eigenvalue weighted by atomic mass is 79.9. The monoisotopic (exact) mass is 266 g/mol. The fraction of sp³-hybridized carbons (Fsp3) is 0.417. The van der Waals surface area contributed by atoms with Crippen LogP contribution in [0.25, 0.3) is 0 Å². The molecule has 0 amide bonds. The second-order valence-corrected chi connectivity index (χ2v) is 4.75. The predicted octanol–water partition coefficient (Wildman–Crippen LogP) is 3.04. The second kappa shape index (κ2) is 5.42.